The average Bonchev–Trinajstić information content (AvgIpc) is 2.71. The van der Waals surface area contributed by atoms with Crippen molar-refractivity contribution in [3.8, 4) is 11.4 Å². The fraction of sp³-hybridized carbons (Fsp3) is 0.263. The normalized spacial score (nSPS) is 16.5. The van der Waals surface area contributed by atoms with E-state index in [1.165, 1.54) is 12.4 Å². The molecule has 3 aromatic rings. The number of hydrogen-bond acceptors (Lipinski definition) is 6. The first kappa shape index (κ1) is 20.3. The Morgan fingerprint density at radius 1 is 1.18 bits per heavy atom. The van der Waals surface area contributed by atoms with Crippen LogP contribution < -0.4 is 15.8 Å². The van der Waals surface area contributed by atoms with Gasteiger partial charge < -0.3 is 10.2 Å². The molecule has 0 bridgehead atoms. The molecule has 0 spiro atoms. The average molecular weight is 419 g/mol. The van der Waals surface area contributed by atoms with Gasteiger partial charge in [-0.1, -0.05) is 23.7 Å². The van der Waals surface area contributed by atoms with Gasteiger partial charge in [-0.3, -0.25) is 9.36 Å². The largest absolute Gasteiger partial charge is 0.339 e. The number of nitrogens with one attached hydrogen (secondary N) is 1. The van der Waals surface area contributed by atoms with E-state index in [1.54, 1.807) is 23.9 Å². The Hall–Kier alpha value is -2.48. The first-order chi connectivity index (χ1) is 13.1. The van der Waals surface area contributed by atoms with Gasteiger partial charge in [0.25, 0.3) is 5.56 Å². The number of anilines is 1. The molecule has 1 N–H and O–H groups in total. The van der Waals surface area contributed by atoms with E-state index in [-0.39, 0.29) is 24.0 Å². The molecule has 28 heavy (non-hydrogen) atoms. The summed E-state index contributed by atoms with van der Waals surface area (Å²) in [7, 11) is 1.74. The molecular formula is C19H20Cl2N6O. The molecule has 4 rings (SSSR count). The van der Waals surface area contributed by atoms with Crippen molar-refractivity contribution in [2.75, 3.05) is 24.5 Å². The maximum Gasteiger partial charge on any atom is 0.255 e. The molecule has 9 heteroatoms. The van der Waals surface area contributed by atoms with E-state index in [4.69, 9.17) is 16.6 Å². The molecule has 0 saturated carbocycles. The van der Waals surface area contributed by atoms with Gasteiger partial charge in [0.05, 0.1) is 11.4 Å². The summed E-state index contributed by atoms with van der Waals surface area (Å²) in [4.78, 5) is 27.5. The summed E-state index contributed by atoms with van der Waals surface area (Å²) in [6.45, 7) is 2.26. The van der Waals surface area contributed by atoms with Gasteiger partial charge in [0.15, 0.2) is 0 Å². The van der Waals surface area contributed by atoms with Crippen molar-refractivity contribution in [1.29, 1.82) is 0 Å². The van der Waals surface area contributed by atoms with E-state index in [9.17, 15) is 4.79 Å². The van der Waals surface area contributed by atoms with Gasteiger partial charge in [0, 0.05) is 50.0 Å². The van der Waals surface area contributed by atoms with E-state index < -0.39 is 0 Å². The molecule has 2 aromatic heterocycles. The Morgan fingerprint density at radius 2 is 1.96 bits per heavy atom. The van der Waals surface area contributed by atoms with Crippen molar-refractivity contribution >= 4 is 30.0 Å². The first-order valence-electron chi connectivity index (χ1n) is 8.70. The molecule has 0 unspecified atom stereocenters. The highest BCUT2D eigenvalue weighted by Crippen LogP contribution is 2.23. The summed E-state index contributed by atoms with van der Waals surface area (Å²) in [6.07, 6.45) is 3.10. The van der Waals surface area contributed by atoms with Crippen molar-refractivity contribution in [2.24, 2.45) is 7.05 Å². The lowest BCUT2D eigenvalue weighted by Crippen LogP contribution is -2.47. The first-order valence-corrected chi connectivity index (χ1v) is 9.08. The molecule has 7 nitrogen and oxygen atoms in total. The van der Waals surface area contributed by atoms with Gasteiger partial charge in [-0.05, 0) is 23.8 Å². The van der Waals surface area contributed by atoms with E-state index in [0.717, 1.165) is 18.7 Å². The lowest BCUT2D eigenvalue weighted by Gasteiger charge is -2.35. The third-order valence-electron chi connectivity index (χ3n) is 4.69. The van der Waals surface area contributed by atoms with E-state index in [1.807, 2.05) is 24.3 Å². The van der Waals surface area contributed by atoms with Gasteiger partial charge in [-0.25, -0.2) is 15.0 Å². The van der Waals surface area contributed by atoms with Gasteiger partial charge in [0.2, 0.25) is 5.95 Å². The van der Waals surface area contributed by atoms with E-state index >= 15 is 0 Å². The summed E-state index contributed by atoms with van der Waals surface area (Å²) in [5.41, 5.74) is 2.22. The standard InChI is InChI=1S/C19H19ClN6O.ClH/c1-25-18(27)10-16(15-6-7-21-12-23-15)24-19(25)26-9-8-22-17(11-26)13-2-4-14(20)5-3-13;/h2-7,10,12,17,22H,8-9,11H2,1H3;1H/t17-;/m1./s1. The van der Waals surface area contributed by atoms with E-state index in [2.05, 4.69) is 20.2 Å². The second-order valence-corrected chi connectivity index (χ2v) is 6.87. The third-order valence-corrected chi connectivity index (χ3v) is 4.94. The molecule has 1 atom stereocenters. The van der Waals surface area contributed by atoms with Crippen molar-refractivity contribution in [1.82, 2.24) is 24.8 Å². The fourth-order valence-electron chi connectivity index (χ4n) is 3.23. The summed E-state index contributed by atoms with van der Waals surface area (Å²) in [6, 6.07) is 11.2. The van der Waals surface area contributed by atoms with Gasteiger partial charge >= 0.3 is 0 Å². The Morgan fingerprint density at radius 3 is 2.68 bits per heavy atom. The number of aromatic nitrogens is 4. The maximum absolute atomic E-state index is 12.5. The molecular weight excluding hydrogens is 399 g/mol. The zero-order valence-electron chi connectivity index (χ0n) is 15.2. The molecule has 1 aliphatic rings. The monoisotopic (exact) mass is 418 g/mol. The molecule has 0 radical (unpaired) electrons. The smallest absolute Gasteiger partial charge is 0.255 e. The summed E-state index contributed by atoms with van der Waals surface area (Å²) in [5, 5.41) is 4.23. The molecule has 1 aliphatic heterocycles. The molecule has 0 amide bonds. The number of nitrogens with zero attached hydrogens (tertiary/aromatic N) is 5. The number of benzene rings is 1. The van der Waals surface area contributed by atoms with Crippen LogP contribution in [0, 0.1) is 0 Å². The highest BCUT2D eigenvalue weighted by atomic mass is 35.5. The summed E-state index contributed by atoms with van der Waals surface area (Å²) >= 11 is 6.00. The van der Waals surface area contributed by atoms with Crippen LogP contribution in [0.5, 0.6) is 0 Å². The van der Waals surface area contributed by atoms with Crippen LogP contribution in [0.2, 0.25) is 5.02 Å². The number of rotatable bonds is 3. The lowest BCUT2D eigenvalue weighted by atomic mass is 10.0. The van der Waals surface area contributed by atoms with Crippen molar-refractivity contribution in [3.05, 3.63) is 69.9 Å². The third kappa shape index (κ3) is 4.16. The lowest BCUT2D eigenvalue weighted by molar-refractivity contribution is 0.462. The van der Waals surface area contributed by atoms with E-state index in [0.29, 0.717) is 28.9 Å². The zero-order valence-corrected chi connectivity index (χ0v) is 16.8. The molecule has 1 fully saturated rings. The molecule has 1 saturated heterocycles. The van der Waals surface area contributed by atoms with Crippen molar-refractivity contribution in [2.45, 2.75) is 6.04 Å². The highest BCUT2D eigenvalue weighted by molar-refractivity contribution is 6.30. The minimum atomic E-state index is -0.116. The zero-order chi connectivity index (χ0) is 18.8. The molecule has 0 aliphatic carbocycles. The topological polar surface area (TPSA) is 75.9 Å². The van der Waals surface area contributed by atoms with Crippen LogP contribution in [0.25, 0.3) is 11.4 Å². The Bertz CT molecular complexity index is 994. The second-order valence-electron chi connectivity index (χ2n) is 6.44. The Kier molecular flexibility index (Phi) is 6.28. The fourth-order valence-corrected chi connectivity index (χ4v) is 3.36. The van der Waals surface area contributed by atoms with Crippen LogP contribution in [0.15, 0.2) is 53.7 Å². The summed E-state index contributed by atoms with van der Waals surface area (Å²) in [5.74, 6) is 0.636. The van der Waals surface area contributed by atoms with Crippen molar-refractivity contribution in [3.63, 3.8) is 0 Å². The SMILES string of the molecule is Cl.Cn1c(N2CCN[C@@H](c3ccc(Cl)cc3)C2)nc(-c2ccncn2)cc1=O. The van der Waals surface area contributed by atoms with Gasteiger partial charge in [-0.15, -0.1) is 12.4 Å². The number of piperazine rings is 1. The van der Waals surface area contributed by atoms with Gasteiger partial charge in [0.1, 0.15) is 6.33 Å². The van der Waals surface area contributed by atoms with Crippen LogP contribution in [0.1, 0.15) is 11.6 Å². The minimum Gasteiger partial charge on any atom is -0.339 e. The van der Waals surface area contributed by atoms with Crippen LogP contribution in [-0.4, -0.2) is 39.2 Å². The van der Waals surface area contributed by atoms with Crippen molar-refractivity contribution < 1.29 is 0 Å². The predicted octanol–water partition coefficient (Wildman–Crippen LogP) is 2.46. The minimum absolute atomic E-state index is 0. The number of halogens is 2. The van der Waals surface area contributed by atoms with Crippen LogP contribution >= 0.6 is 24.0 Å². The highest BCUT2D eigenvalue weighted by Gasteiger charge is 2.24. The maximum atomic E-state index is 12.5. The molecule has 1 aromatic carbocycles. The molecule has 3 heterocycles. The van der Waals surface area contributed by atoms with Crippen LogP contribution in [0.4, 0.5) is 5.95 Å². The predicted molar refractivity (Wildman–Crippen MR) is 112 cm³/mol. The van der Waals surface area contributed by atoms with Gasteiger partial charge in [-0.2, -0.15) is 0 Å². The Balaban J connectivity index is 0.00000225. The number of hydrogen-bond donors (Lipinski definition) is 1. The van der Waals surface area contributed by atoms with Crippen LogP contribution in [0.3, 0.4) is 0 Å². The quantitative estimate of drug-likeness (QED) is 0.703. The second kappa shape index (κ2) is 8.68. The Labute approximate surface area is 173 Å². The van der Waals surface area contributed by atoms with Crippen LogP contribution in [-0.2, 0) is 7.05 Å². The summed E-state index contributed by atoms with van der Waals surface area (Å²) < 4.78 is 1.58. The molecule has 146 valence electrons.